The molecule has 0 spiro atoms. The molecule has 0 fully saturated rings. The van der Waals surface area contributed by atoms with Gasteiger partial charge in [0.1, 0.15) is 5.82 Å². The van der Waals surface area contributed by atoms with Crippen LogP contribution in [0, 0.1) is 29.5 Å². The summed E-state index contributed by atoms with van der Waals surface area (Å²) in [5, 5.41) is 0. The topological polar surface area (TPSA) is 0 Å². The van der Waals surface area contributed by atoms with Crippen LogP contribution < -0.4 is 0 Å². The van der Waals surface area contributed by atoms with Gasteiger partial charge in [-0.25, -0.2) is 4.39 Å². The van der Waals surface area contributed by atoms with Gasteiger partial charge in [0.15, 0.2) is 0 Å². The van der Waals surface area contributed by atoms with Crippen molar-refractivity contribution in [2.75, 3.05) is 0 Å². The first kappa shape index (κ1) is 26.8. The average molecular weight is 511 g/mol. The summed E-state index contributed by atoms with van der Waals surface area (Å²) in [7, 11) is 0. The van der Waals surface area contributed by atoms with Gasteiger partial charge in [-0.1, -0.05) is 79.8 Å². The minimum absolute atomic E-state index is 0.243. The van der Waals surface area contributed by atoms with Gasteiger partial charge in [0.2, 0.25) is 0 Å². The monoisotopic (exact) mass is 510 g/mol. The van der Waals surface area contributed by atoms with Crippen molar-refractivity contribution >= 4 is 0 Å². The molecular weight excluding hydrogens is 484 g/mol. The SMILES string of the molecule is CCCCCc1ccc(-c2ccc(C#Cc3ccc(C#Cc4ccc(C(F)(F)F)cc4)cc3F)cc2)cc1. The number of alkyl halides is 3. The summed E-state index contributed by atoms with van der Waals surface area (Å²) < 4.78 is 52.6. The summed E-state index contributed by atoms with van der Waals surface area (Å²) in [5.41, 5.74) is 4.69. The van der Waals surface area contributed by atoms with Gasteiger partial charge in [-0.2, -0.15) is 13.2 Å². The van der Waals surface area contributed by atoms with Crippen LogP contribution >= 0.6 is 0 Å². The Morgan fingerprint density at radius 2 is 1.13 bits per heavy atom. The maximum atomic E-state index is 14.6. The Balaban J connectivity index is 1.40. The molecule has 0 saturated carbocycles. The van der Waals surface area contributed by atoms with Crippen molar-refractivity contribution in [1.82, 2.24) is 0 Å². The van der Waals surface area contributed by atoms with E-state index in [1.807, 2.05) is 24.3 Å². The quantitative estimate of drug-likeness (QED) is 0.143. The zero-order chi connectivity index (χ0) is 27.0. The van der Waals surface area contributed by atoms with Gasteiger partial charge >= 0.3 is 6.18 Å². The summed E-state index contributed by atoms with van der Waals surface area (Å²) in [6.45, 7) is 2.21. The Labute approximate surface area is 221 Å². The first-order valence-electron chi connectivity index (χ1n) is 12.5. The minimum Gasteiger partial charge on any atom is -0.206 e. The van der Waals surface area contributed by atoms with Crippen LogP contribution in [0.5, 0.6) is 0 Å². The van der Waals surface area contributed by atoms with Gasteiger partial charge in [-0.3, -0.25) is 0 Å². The number of halogens is 4. The standard InChI is InChI=1S/C34H26F4/c1-2-3-4-5-25-8-16-29(17-9-25)30-18-10-27(11-19-30)12-20-31-21-13-28(24-33(31)35)7-6-26-14-22-32(23-15-26)34(36,37)38/h8-11,13-19,21-24H,2-5H2,1H3. The van der Waals surface area contributed by atoms with Crippen LogP contribution in [0.4, 0.5) is 17.6 Å². The molecule has 0 atom stereocenters. The zero-order valence-electron chi connectivity index (χ0n) is 21.0. The van der Waals surface area contributed by atoms with E-state index in [9.17, 15) is 17.6 Å². The van der Waals surface area contributed by atoms with Crippen LogP contribution in [0.3, 0.4) is 0 Å². The third-order valence-corrected chi connectivity index (χ3v) is 6.12. The van der Waals surface area contributed by atoms with Crippen molar-refractivity contribution < 1.29 is 17.6 Å². The Bertz CT molecular complexity index is 1490. The second-order valence-electron chi connectivity index (χ2n) is 9.00. The molecule has 0 amide bonds. The van der Waals surface area contributed by atoms with Gasteiger partial charge < -0.3 is 0 Å². The van der Waals surface area contributed by atoms with E-state index >= 15 is 0 Å². The number of benzene rings is 4. The highest BCUT2D eigenvalue weighted by molar-refractivity contribution is 5.65. The number of aryl methyl sites for hydroxylation is 1. The molecule has 0 radical (unpaired) electrons. The lowest BCUT2D eigenvalue weighted by atomic mass is 10.0. The van der Waals surface area contributed by atoms with E-state index in [0.29, 0.717) is 11.1 Å². The molecule has 0 heterocycles. The summed E-state index contributed by atoms with van der Waals surface area (Å²) in [4.78, 5) is 0. The van der Waals surface area contributed by atoms with Crippen molar-refractivity contribution in [3.63, 3.8) is 0 Å². The van der Waals surface area contributed by atoms with Gasteiger partial charge in [0.25, 0.3) is 0 Å². The van der Waals surface area contributed by atoms with Crippen LogP contribution in [0.15, 0.2) is 91.0 Å². The summed E-state index contributed by atoms with van der Waals surface area (Å²) in [5.74, 6) is 10.9. The van der Waals surface area contributed by atoms with E-state index in [0.717, 1.165) is 35.2 Å². The number of rotatable bonds is 5. The predicted octanol–water partition coefficient (Wildman–Crippen LogP) is 9.04. The number of unbranched alkanes of at least 4 members (excludes halogenated alkanes) is 2. The molecule has 0 aliphatic carbocycles. The Morgan fingerprint density at radius 1 is 0.605 bits per heavy atom. The molecule has 4 rings (SSSR count). The molecule has 0 N–H and O–H groups in total. The van der Waals surface area contributed by atoms with Crippen molar-refractivity contribution in [3.05, 3.63) is 130 Å². The maximum Gasteiger partial charge on any atom is 0.416 e. The number of hydrogen-bond acceptors (Lipinski definition) is 0. The van der Waals surface area contributed by atoms with Gasteiger partial charge in [-0.15, -0.1) is 0 Å². The molecule has 0 unspecified atom stereocenters. The molecule has 38 heavy (non-hydrogen) atoms. The smallest absolute Gasteiger partial charge is 0.206 e. The van der Waals surface area contributed by atoms with Crippen LogP contribution in [0.25, 0.3) is 11.1 Å². The lowest BCUT2D eigenvalue weighted by Crippen LogP contribution is -2.04. The van der Waals surface area contributed by atoms with Gasteiger partial charge in [0.05, 0.1) is 11.1 Å². The first-order chi connectivity index (χ1) is 18.3. The summed E-state index contributed by atoms with van der Waals surface area (Å²) in [6.07, 6.45) is 0.384. The molecule has 4 aromatic carbocycles. The van der Waals surface area contributed by atoms with Crippen LogP contribution in [-0.4, -0.2) is 0 Å². The van der Waals surface area contributed by atoms with Crippen molar-refractivity contribution in [3.8, 4) is 34.8 Å². The van der Waals surface area contributed by atoms with E-state index in [-0.39, 0.29) is 5.56 Å². The molecule has 0 aliphatic rings. The fraction of sp³-hybridized carbons (Fsp3) is 0.176. The van der Waals surface area contributed by atoms with Crippen LogP contribution in [0.2, 0.25) is 0 Å². The highest BCUT2D eigenvalue weighted by atomic mass is 19.4. The fourth-order valence-corrected chi connectivity index (χ4v) is 3.91. The average Bonchev–Trinajstić information content (AvgIpc) is 2.92. The third kappa shape index (κ3) is 7.37. The molecule has 0 aliphatic heterocycles. The fourth-order valence-electron chi connectivity index (χ4n) is 3.91. The molecular formula is C34H26F4. The van der Waals surface area contributed by atoms with E-state index in [2.05, 4.69) is 54.9 Å². The Kier molecular flexibility index (Phi) is 8.67. The largest absolute Gasteiger partial charge is 0.416 e. The molecule has 190 valence electrons. The zero-order valence-corrected chi connectivity index (χ0v) is 21.0. The van der Waals surface area contributed by atoms with Crippen LogP contribution in [-0.2, 0) is 12.6 Å². The van der Waals surface area contributed by atoms with E-state index < -0.39 is 17.6 Å². The van der Waals surface area contributed by atoms with E-state index in [1.54, 1.807) is 12.1 Å². The Hall–Kier alpha value is -4.28. The second-order valence-corrected chi connectivity index (χ2v) is 9.00. The van der Waals surface area contributed by atoms with E-state index in [4.69, 9.17) is 0 Å². The molecule has 0 saturated heterocycles. The number of hydrogen-bond donors (Lipinski definition) is 0. The summed E-state index contributed by atoms with van der Waals surface area (Å²) >= 11 is 0. The molecule has 0 bridgehead atoms. The third-order valence-electron chi connectivity index (χ3n) is 6.12. The van der Waals surface area contributed by atoms with Crippen LogP contribution in [0.1, 0.15) is 59.6 Å². The maximum absolute atomic E-state index is 14.6. The summed E-state index contributed by atoms with van der Waals surface area (Å²) in [6, 6.07) is 25.5. The lowest BCUT2D eigenvalue weighted by Gasteiger charge is -2.05. The molecule has 4 heteroatoms. The van der Waals surface area contributed by atoms with Crippen molar-refractivity contribution in [1.29, 1.82) is 0 Å². The normalized spacial score (nSPS) is 10.8. The second kappa shape index (κ2) is 12.3. The van der Waals surface area contributed by atoms with Crippen molar-refractivity contribution in [2.45, 2.75) is 38.8 Å². The highest BCUT2D eigenvalue weighted by Gasteiger charge is 2.29. The van der Waals surface area contributed by atoms with Gasteiger partial charge in [0, 0.05) is 16.7 Å². The van der Waals surface area contributed by atoms with Gasteiger partial charge in [-0.05, 0) is 84.1 Å². The predicted molar refractivity (Wildman–Crippen MR) is 145 cm³/mol. The van der Waals surface area contributed by atoms with E-state index in [1.165, 1.54) is 43.0 Å². The first-order valence-corrected chi connectivity index (χ1v) is 12.5. The minimum atomic E-state index is -4.40. The highest BCUT2D eigenvalue weighted by Crippen LogP contribution is 2.29. The molecule has 4 aromatic rings. The molecule has 0 nitrogen and oxygen atoms in total. The lowest BCUT2D eigenvalue weighted by molar-refractivity contribution is -0.137. The van der Waals surface area contributed by atoms with Crippen molar-refractivity contribution in [2.24, 2.45) is 0 Å². The molecule has 0 aromatic heterocycles. The Morgan fingerprint density at radius 3 is 1.71 bits per heavy atom.